The van der Waals surface area contributed by atoms with Gasteiger partial charge in [0.2, 0.25) is 5.78 Å². The average molecular weight is 364 g/mol. The summed E-state index contributed by atoms with van der Waals surface area (Å²) in [6.45, 7) is 2.53. The molecule has 0 saturated heterocycles. The van der Waals surface area contributed by atoms with Crippen molar-refractivity contribution < 1.29 is 4.79 Å². The van der Waals surface area contributed by atoms with Gasteiger partial charge in [0, 0.05) is 16.6 Å². The molecule has 0 aliphatic heterocycles. The van der Waals surface area contributed by atoms with Gasteiger partial charge in [-0.3, -0.25) is 9.48 Å². The zero-order valence-corrected chi connectivity index (χ0v) is 13.6. The Morgan fingerprint density at radius 2 is 1.95 bits per heavy atom. The van der Waals surface area contributed by atoms with Crippen molar-refractivity contribution in [2.75, 3.05) is 0 Å². The number of fused-ring (bicyclic) bond motifs is 1. The Morgan fingerprint density at radius 1 is 1.24 bits per heavy atom. The van der Waals surface area contributed by atoms with Crippen LogP contribution in [0.3, 0.4) is 0 Å². The summed E-state index contributed by atoms with van der Waals surface area (Å²) in [5.41, 5.74) is 1.05. The van der Waals surface area contributed by atoms with Crippen LogP contribution in [0.1, 0.15) is 23.0 Å². The van der Waals surface area contributed by atoms with E-state index in [9.17, 15) is 4.79 Å². The van der Waals surface area contributed by atoms with E-state index in [-0.39, 0.29) is 5.78 Å². The quantitative estimate of drug-likeness (QED) is 0.632. The Kier molecular flexibility index (Phi) is 3.83. The van der Waals surface area contributed by atoms with Gasteiger partial charge in [-0.05, 0) is 35.9 Å². The maximum atomic E-state index is 12.7. The van der Waals surface area contributed by atoms with Crippen molar-refractivity contribution in [1.82, 2.24) is 9.78 Å². The highest BCUT2D eigenvalue weighted by atomic mass is 79.9. The first-order valence-electron chi connectivity index (χ1n) is 6.55. The van der Waals surface area contributed by atoms with Crippen LogP contribution in [0.2, 0.25) is 5.02 Å². The molecule has 1 heterocycles. The van der Waals surface area contributed by atoms with Crippen molar-refractivity contribution >= 4 is 44.1 Å². The van der Waals surface area contributed by atoms with Crippen LogP contribution in [0.4, 0.5) is 0 Å². The van der Waals surface area contributed by atoms with Crippen molar-refractivity contribution in [3.63, 3.8) is 0 Å². The molecule has 0 bridgehead atoms. The van der Waals surface area contributed by atoms with Crippen molar-refractivity contribution in [2.24, 2.45) is 0 Å². The Labute approximate surface area is 135 Å². The molecule has 3 aromatic rings. The molecule has 0 radical (unpaired) electrons. The van der Waals surface area contributed by atoms with Crippen LogP contribution in [0.15, 0.2) is 47.1 Å². The molecule has 3 rings (SSSR count). The monoisotopic (exact) mass is 362 g/mol. The van der Waals surface area contributed by atoms with Gasteiger partial charge in [0.05, 0.1) is 11.2 Å². The number of hydrogen-bond acceptors (Lipinski definition) is 2. The number of carbonyl (C=O) groups is 1. The van der Waals surface area contributed by atoms with E-state index in [4.69, 9.17) is 11.6 Å². The SMILES string of the molecule is CCn1ncc(Cl)c1C(=O)c1ccc2cc(Br)ccc2c1. The van der Waals surface area contributed by atoms with Gasteiger partial charge >= 0.3 is 0 Å². The summed E-state index contributed by atoms with van der Waals surface area (Å²) in [7, 11) is 0. The van der Waals surface area contributed by atoms with Crippen molar-refractivity contribution in [1.29, 1.82) is 0 Å². The summed E-state index contributed by atoms with van der Waals surface area (Å²) in [6, 6.07) is 11.6. The van der Waals surface area contributed by atoms with Crippen LogP contribution in [-0.4, -0.2) is 15.6 Å². The maximum Gasteiger partial charge on any atom is 0.212 e. The van der Waals surface area contributed by atoms with E-state index in [0.717, 1.165) is 15.2 Å². The molecule has 0 atom stereocenters. The second kappa shape index (κ2) is 5.62. The molecule has 0 fully saturated rings. The summed E-state index contributed by atoms with van der Waals surface area (Å²) in [6.07, 6.45) is 1.51. The van der Waals surface area contributed by atoms with Crippen LogP contribution in [0, 0.1) is 0 Å². The van der Waals surface area contributed by atoms with E-state index in [0.29, 0.717) is 22.8 Å². The fourth-order valence-electron chi connectivity index (χ4n) is 2.32. The third-order valence-electron chi connectivity index (χ3n) is 3.37. The molecule has 1 aromatic heterocycles. The molecule has 0 N–H and O–H groups in total. The van der Waals surface area contributed by atoms with Crippen molar-refractivity contribution in [3.8, 4) is 0 Å². The van der Waals surface area contributed by atoms with Gasteiger partial charge in [0.1, 0.15) is 5.69 Å². The lowest BCUT2D eigenvalue weighted by Gasteiger charge is -2.06. The Balaban J connectivity index is 2.09. The van der Waals surface area contributed by atoms with Gasteiger partial charge in [0.25, 0.3) is 0 Å². The molecule has 0 saturated carbocycles. The number of benzene rings is 2. The Bertz CT molecular complexity index is 841. The first-order chi connectivity index (χ1) is 10.1. The molecule has 0 unspecified atom stereocenters. The van der Waals surface area contributed by atoms with Gasteiger partial charge in [-0.15, -0.1) is 0 Å². The highest BCUT2D eigenvalue weighted by Gasteiger charge is 2.18. The standard InChI is InChI=1S/C16H12BrClN2O/c1-2-20-15(14(18)9-19-20)16(21)12-4-3-11-8-13(17)6-5-10(11)7-12/h3-9H,2H2,1H3. The smallest absolute Gasteiger partial charge is 0.212 e. The lowest BCUT2D eigenvalue weighted by molar-refractivity contribution is 0.102. The molecule has 5 heteroatoms. The summed E-state index contributed by atoms with van der Waals surface area (Å²) in [5, 5.41) is 6.60. The molecule has 0 aliphatic carbocycles. The lowest BCUT2D eigenvalue weighted by atomic mass is 10.0. The Morgan fingerprint density at radius 3 is 2.71 bits per heavy atom. The number of rotatable bonds is 3. The van der Waals surface area contributed by atoms with E-state index >= 15 is 0 Å². The fourth-order valence-corrected chi connectivity index (χ4v) is 2.93. The molecule has 3 nitrogen and oxygen atoms in total. The van der Waals surface area contributed by atoms with Crippen LogP contribution >= 0.6 is 27.5 Å². The zero-order chi connectivity index (χ0) is 15.0. The molecule has 106 valence electrons. The third kappa shape index (κ3) is 2.61. The van der Waals surface area contributed by atoms with Crippen molar-refractivity contribution in [2.45, 2.75) is 13.5 Å². The average Bonchev–Trinajstić information content (AvgIpc) is 2.86. The number of halogens is 2. The van der Waals surface area contributed by atoms with E-state index in [1.165, 1.54) is 6.20 Å². The highest BCUT2D eigenvalue weighted by molar-refractivity contribution is 9.10. The van der Waals surface area contributed by atoms with Crippen LogP contribution in [0.25, 0.3) is 10.8 Å². The fraction of sp³-hybridized carbons (Fsp3) is 0.125. The van der Waals surface area contributed by atoms with Gasteiger partial charge < -0.3 is 0 Å². The summed E-state index contributed by atoms with van der Waals surface area (Å²) < 4.78 is 2.64. The minimum Gasteiger partial charge on any atom is -0.287 e. The minimum absolute atomic E-state index is 0.107. The number of hydrogen-bond donors (Lipinski definition) is 0. The maximum absolute atomic E-state index is 12.7. The normalized spacial score (nSPS) is 11.0. The number of aryl methyl sites for hydroxylation is 1. The number of ketones is 1. The zero-order valence-electron chi connectivity index (χ0n) is 11.3. The minimum atomic E-state index is -0.107. The molecular formula is C16H12BrClN2O. The second-order valence-electron chi connectivity index (χ2n) is 4.69. The van der Waals surface area contributed by atoms with Gasteiger partial charge in [-0.25, -0.2) is 0 Å². The van der Waals surface area contributed by atoms with Crippen molar-refractivity contribution in [3.05, 3.63) is 63.3 Å². The van der Waals surface area contributed by atoms with Gasteiger partial charge in [0.15, 0.2) is 0 Å². The Hall–Kier alpha value is -1.65. The summed E-state index contributed by atoms with van der Waals surface area (Å²) in [5.74, 6) is -0.107. The lowest BCUT2D eigenvalue weighted by Crippen LogP contribution is -2.11. The van der Waals surface area contributed by atoms with E-state index in [1.54, 1.807) is 4.68 Å². The predicted octanol–water partition coefficient (Wildman–Crippen LogP) is 4.70. The van der Waals surface area contributed by atoms with E-state index in [1.807, 2.05) is 43.3 Å². The highest BCUT2D eigenvalue weighted by Crippen LogP contribution is 2.24. The predicted molar refractivity (Wildman–Crippen MR) is 88.0 cm³/mol. The largest absolute Gasteiger partial charge is 0.287 e. The molecule has 0 spiro atoms. The van der Waals surface area contributed by atoms with Crippen LogP contribution in [-0.2, 0) is 6.54 Å². The third-order valence-corrected chi connectivity index (χ3v) is 4.14. The number of aromatic nitrogens is 2. The van der Waals surface area contributed by atoms with E-state index in [2.05, 4.69) is 21.0 Å². The van der Waals surface area contributed by atoms with Crippen LogP contribution in [0.5, 0.6) is 0 Å². The topological polar surface area (TPSA) is 34.9 Å². The van der Waals surface area contributed by atoms with Crippen LogP contribution < -0.4 is 0 Å². The van der Waals surface area contributed by atoms with Gasteiger partial charge in [-0.2, -0.15) is 5.10 Å². The molecule has 2 aromatic carbocycles. The number of nitrogens with zero attached hydrogens (tertiary/aromatic N) is 2. The summed E-state index contributed by atoms with van der Waals surface area (Å²) in [4.78, 5) is 12.7. The van der Waals surface area contributed by atoms with E-state index < -0.39 is 0 Å². The first kappa shape index (κ1) is 14.3. The molecule has 0 amide bonds. The summed E-state index contributed by atoms with van der Waals surface area (Å²) >= 11 is 9.54. The number of carbonyl (C=O) groups excluding carboxylic acids is 1. The second-order valence-corrected chi connectivity index (χ2v) is 6.02. The first-order valence-corrected chi connectivity index (χ1v) is 7.72. The molecule has 0 aliphatic rings. The van der Waals surface area contributed by atoms with Gasteiger partial charge in [-0.1, -0.05) is 45.7 Å². The molecular weight excluding hydrogens is 352 g/mol. The molecule has 21 heavy (non-hydrogen) atoms.